The number of rotatable bonds is 2. The molecule has 0 N–H and O–H groups in total. The highest BCUT2D eigenvalue weighted by molar-refractivity contribution is 6.44. The second-order valence-corrected chi connectivity index (χ2v) is 14.8. The molecule has 0 saturated heterocycles. The van der Waals surface area contributed by atoms with Crippen LogP contribution in [0, 0.1) is 0 Å². The van der Waals surface area contributed by atoms with Crippen molar-refractivity contribution in [1.82, 2.24) is 14.5 Å². The fraction of sp³-hybridized carbons (Fsp3) is 0. The standard InChI is InChI=1S/C50H25N3O2/c1-2-11-28-27(10-1)32-16-9-17-38-44(32)46-39(25-37-30-13-4-3-12-29(30)33-21-22-34(28)45(46)43(33)37)53(38)50-51-47(49-48(52-50)35-15-6-8-19-41(35)55-49)26-20-23-42-36(24-26)31-14-5-7-18-40(31)54-42/h1-25H. The number of hydrogen-bond donors (Lipinski definition) is 0. The van der Waals surface area contributed by atoms with Gasteiger partial charge in [0.1, 0.15) is 28.0 Å². The predicted octanol–water partition coefficient (Wildman–Crippen LogP) is 13.7. The summed E-state index contributed by atoms with van der Waals surface area (Å²) in [5.41, 5.74) is 7.77. The van der Waals surface area contributed by atoms with E-state index in [1.165, 1.54) is 64.6 Å². The third kappa shape index (κ3) is 3.40. The highest BCUT2D eigenvalue weighted by atomic mass is 16.3. The van der Waals surface area contributed by atoms with Gasteiger partial charge in [0.25, 0.3) is 0 Å². The van der Waals surface area contributed by atoms with Crippen molar-refractivity contribution in [1.29, 1.82) is 0 Å². The number of fused-ring (bicyclic) bond motifs is 12. The maximum absolute atomic E-state index is 6.63. The Morgan fingerprint density at radius 3 is 1.73 bits per heavy atom. The molecule has 0 bridgehead atoms. The van der Waals surface area contributed by atoms with E-state index >= 15 is 0 Å². The minimum absolute atomic E-state index is 0.604. The number of aromatic nitrogens is 3. The van der Waals surface area contributed by atoms with Crippen LogP contribution >= 0.6 is 0 Å². The van der Waals surface area contributed by atoms with Crippen molar-refractivity contribution in [2.45, 2.75) is 0 Å². The Morgan fingerprint density at radius 1 is 0.364 bits per heavy atom. The van der Waals surface area contributed by atoms with Gasteiger partial charge in [-0.15, -0.1) is 0 Å². The molecule has 4 heterocycles. The van der Waals surface area contributed by atoms with Gasteiger partial charge in [0, 0.05) is 37.9 Å². The molecule has 0 atom stereocenters. The maximum atomic E-state index is 6.63. The average Bonchev–Trinajstić information content (AvgIpc) is 3.97. The smallest absolute Gasteiger partial charge is 0.236 e. The minimum Gasteiger partial charge on any atom is -0.456 e. The van der Waals surface area contributed by atoms with Crippen LogP contribution in [0.15, 0.2) is 160 Å². The van der Waals surface area contributed by atoms with E-state index in [-0.39, 0.29) is 0 Å². The van der Waals surface area contributed by atoms with Crippen LogP contribution in [-0.2, 0) is 0 Å². The molecule has 55 heavy (non-hydrogen) atoms. The molecule has 252 valence electrons. The van der Waals surface area contributed by atoms with E-state index in [0.29, 0.717) is 11.5 Å². The van der Waals surface area contributed by atoms with Crippen LogP contribution < -0.4 is 0 Å². The molecule has 0 spiro atoms. The lowest BCUT2D eigenvalue weighted by atomic mass is 9.97. The topological polar surface area (TPSA) is 57.0 Å². The van der Waals surface area contributed by atoms with E-state index in [0.717, 1.165) is 60.7 Å². The number of furan rings is 2. The molecule has 0 radical (unpaired) electrons. The van der Waals surface area contributed by atoms with Crippen LogP contribution in [0.3, 0.4) is 0 Å². The first-order valence-electron chi connectivity index (χ1n) is 18.7. The highest BCUT2D eigenvalue weighted by Crippen LogP contribution is 2.50. The number of benzene rings is 8. The molecule has 0 fully saturated rings. The Balaban J connectivity index is 1.20. The van der Waals surface area contributed by atoms with E-state index < -0.39 is 0 Å². The molecule has 0 amide bonds. The van der Waals surface area contributed by atoms with Gasteiger partial charge >= 0.3 is 0 Å². The summed E-state index contributed by atoms with van der Waals surface area (Å²) in [4.78, 5) is 11.0. The molecule has 5 nitrogen and oxygen atoms in total. The van der Waals surface area contributed by atoms with E-state index in [2.05, 4.69) is 120 Å². The van der Waals surface area contributed by atoms with E-state index in [1.54, 1.807) is 0 Å². The molecule has 0 aliphatic heterocycles. The Bertz CT molecular complexity index is 3960. The number of hydrogen-bond acceptors (Lipinski definition) is 4. The van der Waals surface area contributed by atoms with E-state index in [4.69, 9.17) is 18.8 Å². The molecule has 14 rings (SSSR count). The Labute approximate surface area is 310 Å². The molecule has 14 aromatic rings. The van der Waals surface area contributed by atoms with Gasteiger partial charge in [0.05, 0.1) is 11.0 Å². The van der Waals surface area contributed by atoms with Gasteiger partial charge < -0.3 is 8.83 Å². The monoisotopic (exact) mass is 699 g/mol. The van der Waals surface area contributed by atoms with E-state index in [9.17, 15) is 0 Å². The van der Waals surface area contributed by atoms with Crippen LogP contribution in [-0.4, -0.2) is 14.5 Å². The van der Waals surface area contributed by atoms with Crippen LogP contribution in [0.5, 0.6) is 0 Å². The van der Waals surface area contributed by atoms with Crippen LogP contribution in [0.2, 0.25) is 0 Å². The van der Waals surface area contributed by atoms with E-state index in [1.807, 2.05) is 36.4 Å². The van der Waals surface area contributed by atoms with Crippen molar-refractivity contribution in [2.24, 2.45) is 0 Å². The van der Waals surface area contributed by atoms with Crippen LogP contribution in [0.4, 0.5) is 0 Å². The first-order chi connectivity index (χ1) is 27.3. The summed E-state index contributed by atoms with van der Waals surface area (Å²) < 4.78 is 15.2. The molecule has 5 heteroatoms. The van der Waals surface area contributed by atoms with Gasteiger partial charge in [-0.25, -0.2) is 9.97 Å². The number of para-hydroxylation sites is 2. The zero-order valence-corrected chi connectivity index (χ0v) is 29.1. The van der Waals surface area contributed by atoms with Crippen molar-refractivity contribution in [3.05, 3.63) is 152 Å². The first-order valence-corrected chi connectivity index (χ1v) is 18.7. The molecule has 10 aromatic carbocycles. The lowest BCUT2D eigenvalue weighted by Gasteiger charge is -2.11. The lowest BCUT2D eigenvalue weighted by Crippen LogP contribution is -2.03. The number of nitrogens with zero attached hydrogens (tertiary/aromatic N) is 3. The summed E-state index contributed by atoms with van der Waals surface area (Å²) in [5.74, 6) is 0.604. The van der Waals surface area contributed by atoms with Crippen molar-refractivity contribution in [3.63, 3.8) is 0 Å². The summed E-state index contributed by atoms with van der Waals surface area (Å²) in [7, 11) is 0. The average molecular weight is 700 g/mol. The molecular weight excluding hydrogens is 675 g/mol. The van der Waals surface area contributed by atoms with Gasteiger partial charge in [-0.2, -0.15) is 0 Å². The molecular formula is C50H25N3O2. The van der Waals surface area contributed by atoms with Gasteiger partial charge in [0.2, 0.25) is 5.95 Å². The summed E-state index contributed by atoms with van der Waals surface area (Å²) in [6, 6.07) is 54.0. The molecule has 4 aromatic heterocycles. The largest absolute Gasteiger partial charge is 0.456 e. The summed E-state index contributed by atoms with van der Waals surface area (Å²) in [6.45, 7) is 0. The zero-order valence-electron chi connectivity index (χ0n) is 29.1. The van der Waals surface area contributed by atoms with Crippen molar-refractivity contribution < 1.29 is 8.83 Å². The fourth-order valence-corrected chi connectivity index (χ4v) is 9.85. The quantitative estimate of drug-likeness (QED) is 0.180. The Kier molecular flexibility index (Phi) is 4.96. The van der Waals surface area contributed by atoms with Crippen molar-refractivity contribution >= 4 is 120 Å². The second-order valence-electron chi connectivity index (χ2n) is 14.8. The summed E-state index contributed by atoms with van der Waals surface area (Å²) in [6.07, 6.45) is 0. The minimum atomic E-state index is 0.604. The van der Waals surface area contributed by atoms with Crippen molar-refractivity contribution in [3.8, 4) is 17.2 Å². The van der Waals surface area contributed by atoms with Crippen molar-refractivity contribution in [2.75, 3.05) is 0 Å². The van der Waals surface area contributed by atoms with Gasteiger partial charge in [-0.1, -0.05) is 103 Å². The second kappa shape index (κ2) is 9.72. The third-order valence-corrected chi connectivity index (χ3v) is 12.1. The molecule has 0 aliphatic rings. The summed E-state index contributed by atoms with van der Waals surface area (Å²) in [5, 5.41) is 18.1. The van der Waals surface area contributed by atoms with Crippen LogP contribution in [0.25, 0.3) is 137 Å². The van der Waals surface area contributed by atoms with Gasteiger partial charge in [-0.3, -0.25) is 4.57 Å². The molecule has 0 aliphatic carbocycles. The zero-order chi connectivity index (χ0) is 35.5. The molecule has 0 saturated carbocycles. The highest BCUT2D eigenvalue weighted by Gasteiger charge is 2.27. The normalized spacial score (nSPS) is 12.7. The lowest BCUT2D eigenvalue weighted by molar-refractivity contribution is 0.666. The van der Waals surface area contributed by atoms with Gasteiger partial charge in [0.15, 0.2) is 5.58 Å². The maximum Gasteiger partial charge on any atom is 0.236 e. The Morgan fingerprint density at radius 2 is 0.964 bits per heavy atom. The third-order valence-electron chi connectivity index (χ3n) is 12.1. The first kappa shape index (κ1) is 28.1. The Hall–Kier alpha value is -7.50. The fourth-order valence-electron chi connectivity index (χ4n) is 9.85. The SMILES string of the molecule is c1ccc2c(c1)oc1ccc(-c3nc(-n4c5cccc6c7ccccc7c7ccc8c9ccccc9c9cc4c(c7c89)c65)nc4c3oc3ccccc34)cc12. The summed E-state index contributed by atoms with van der Waals surface area (Å²) >= 11 is 0. The molecule has 0 unspecified atom stereocenters. The van der Waals surface area contributed by atoms with Crippen LogP contribution in [0.1, 0.15) is 0 Å². The predicted molar refractivity (Wildman–Crippen MR) is 226 cm³/mol. The van der Waals surface area contributed by atoms with Gasteiger partial charge in [-0.05, 0) is 97.0 Å².